The van der Waals surface area contributed by atoms with Crippen LogP contribution in [0.15, 0.2) is 0 Å². The Kier molecular flexibility index (Phi) is 7.92. The number of hydrogen-bond acceptors (Lipinski definition) is 3. The van der Waals surface area contributed by atoms with Gasteiger partial charge in [0.25, 0.3) is 0 Å². The maximum absolute atomic E-state index is 11.6. The molecular formula is C15H31N3O2. The van der Waals surface area contributed by atoms with Crippen LogP contribution in [0.2, 0.25) is 0 Å². The summed E-state index contributed by atoms with van der Waals surface area (Å²) in [5.41, 5.74) is 0. The number of aliphatic hydroxyl groups excluding tert-OH is 1. The van der Waals surface area contributed by atoms with Gasteiger partial charge in [0.05, 0.1) is 6.10 Å². The minimum atomic E-state index is -0.438. The first kappa shape index (κ1) is 17.2. The van der Waals surface area contributed by atoms with Gasteiger partial charge in [-0.1, -0.05) is 20.3 Å². The summed E-state index contributed by atoms with van der Waals surface area (Å²) in [6, 6.07) is 0.186. The van der Waals surface area contributed by atoms with Gasteiger partial charge in [-0.25, -0.2) is 4.79 Å². The molecule has 0 saturated carbocycles. The lowest BCUT2D eigenvalue weighted by Gasteiger charge is -2.35. The van der Waals surface area contributed by atoms with Crippen molar-refractivity contribution in [2.75, 3.05) is 26.2 Å². The molecule has 2 unspecified atom stereocenters. The van der Waals surface area contributed by atoms with E-state index >= 15 is 0 Å². The standard InChI is InChI=1S/C15H31N3O2/c1-4-5-14(19)11-17-15(20)16-10-13(3)18-8-6-12(2)7-9-18/h12-14,19H,4-11H2,1-3H3,(H2,16,17,20). The smallest absolute Gasteiger partial charge is 0.314 e. The first-order valence-electron chi connectivity index (χ1n) is 7.96. The molecule has 0 aromatic heterocycles. The number of nitrogens with one attached hydrogen (secondary N) is 2. The zero-order chi connectivity index (χ0) is 15.0. The van der Waals surface area contributed by atoms with E-state index in [1.807, 2.05) is 6.92 Å². The average Bonchev–Trinajstić information content (AvgIpc) is 2.43. The van der Waals surface area contributed by atoms with E-state index in [9.17, 15) is 9.90 Å². The van der Waals surface area contributed by atoms with Gasteiger partial charge in [0.15, 0.2) is 0 Å². The summed E-state index contributed by atoms with van der Waals surface area (Å²) < 4.78 is 0. The van der Waals surface area contributed by atoms with Crippen molar-refractivity contribution in [2.24, 2.45) is 5.92 Å². The second kappa shape index (κ2) is 9.19. The summed E-state index contributed by atoms with van der Waals surface area (Å²) >= 11 is 0. The Hall–Kier alpha value is -0.810. The number of aliphatic hydroxyl groups is 1. The van der Waals surface area contributed by atoms with Gasteiger partial charge in [0.2, 0.25) is 0 Å². The molecule has 0 aromatic rings. The summed E-state index contributed by atoms with van der Waals surface area (Å²) in [4.78, 5) is 14.1. The highest BCUT2D eigenvalue weighted by atomic mass is 16.3. The molecular weight excluding hydrogens is 254 g/mol. The Labute approximate surface area is 123 Å². The summed E-state index contributed by atoms with van der Waals surface area (Å²) in [7, 11) is 0. The fourth-order valence-electron chi connectivity index (χ4n) is 2.55. The number of likely N-dealkylation sites (tertiary alicyclic amines) is 1. The molecule has 2 amide bonds. The summed E-state index contributed by atoms with van der Waals surface area (Å²) in [5.74, 6) is 0.828. The van der Waals surface area contributed by atoms with E-state index in [-0.39, 0.29) is 6.03 Å². The average molecular weight is 285 g/mol. The van der Waals surface area contributed by atoms with Crippen molar-refractivity contribution >= 4 is 6.03 Å². The number of carbonyl (C=O) groups is 1. The number of carbonyl (C=O) groups excluding carboxylic acids is 1. The maximum Gasteiger partial charge on any atom is 0.314 e. The highest BCUT2D eigenvalue weighted by Gasteiger charge is 2.20. The van der Waals surface area contributed by atoms with Gasteiger partial charge in [0.1, 0.15) is 0 Å². The third kappa shape index (κ3) is 6.57. The number of amides is 2. The molecule has 5 nitrogen and oxygen atoms in total. The second-order valence-corrected chi connectivity index (χ2v) is 6.10. The van der Waals surface area contributed by atoms with Crippen LogP contribution >= 0.6 is 0 Å². The van der Waals surface area contributed by atoms with Crippen LogP contribution in [-0.2, 0) is 0 Å². The van der Waals surface area contributed by atoms with Crippen LogP contribution in [0.5, 0.6) is 0 Å². The van der Waals surface area contributed by atoms with Crippen LogP contribution in [0.3, 0.4) is 0 Å². The second-order valence-electron chi connectivity index (χ2n) is 6.10. The largest absolute Gasteiger partial charge is 0.391 e. The summed E-state index contributed by atoms with van der Waals surface area (Å²) in [5, 5.41) is 15.2. The molecule has 0 aliphatic carbocycles. The Morgan fingerprint density at radius 2 is 1.90 bits per heavy atom. The van der Waals surface area contributed by atoms with E-state index in [1.54, 1.807) is 0 Å². The monoisotopic (exact) mass is 285 g/mol. The topological polar surface area (TPSA) is 64.6 Å². The zero-order valence-corrected chi connectivity index (χ0v) is 13.2. The van der Waals surface area contributed by atoms with E-state index in [4.69, 9.17) is 0 Å². The zero-order valence-electron chi connectivity index (χ0n) is 13.2. The van der Waals surface area contributed by atoms with Crippen LogP contribution in [0.25, 0.3) is 0 Å². The maximum atomic E-state index is 11.6. The molecule has 1 fully saturated rings. The molecule has 5 heteroatoms. The summed E-state index contributed by atoms with van der Waals surface area (Å²) in [6.07, 6.45) is 3.71. The number of hydrogen-bond donors (Lipinski definition) is 3. The molecule has 2 atom stereocenters. The van der Waals surface area contributed by atoms with Gasteiger partial charge in [-0.15, -0.1) is 0 Å². The van der Waals surface area contributed by atoms with Gasteiger partial charge in [-0.3, -0.25) is 4.90 Å². The van der Waals surface area contributed by atoms with Crippen molar-refractivity contribution < 1.29 is 9.90 Å². The van der Waals surface area contributed by atoms with Gasteiger partial charge in [-0.05, 0) is 45.2 Å². The van der Waals surface area contributed by atoms with E-state index in [0.717, 1.165) is 31.8 Å². The van der Waals surface area contributed by atoms with Crippen LogP contribution in [0.1, 0.15) is 46.5 Å². The fraction of sp³-hybridized carbons (Fsp3) is 0.933. The third-order valence-electron chi connectivity index (χ3n) is 4.12. The predicted octanol–water partition coefficient (Wildman–Crippen LogP) is 1.57. The van der Waals surface area contributed by atoms with Crippen molar-refractivity contribution in [1.82, 2.24) is 15.5 Å². The number of nitrogens with zero attached hydrogens (tertiary/aromatic N) is 1. The highest BCUT2D eigenvalue weighted by Crippen LogP contribution is 2.17. The lowest BCUT2D eigenvalue weighted by atomic mass is 9.98. The molecule has 1 rings (SSSR count). The van der Waals surface area contributed by atoms with Gasteiger partial charge in [0, 0.05) is 19.1 Å². The number of rotatable bonds is 7. The fourth-order valence-corrected chi connectivity index (χ4v) is 2.55. The molecule has 1 heterocycles. The van der Waals surface area contributed by atoms with Gasteiger partial charge >= 0.3 is 6.03 Å². The molecule has 0 radical (unpaired) electrons. The minimum Gasteiger partial charge on any atom is -0.391 e. The lowest BCUT2D eigenvalue weighted by molar-refractivity contribution is 0.143. The Morgan fingerprint density at radius 1 is 1.30 bits per heavy atom. The van der Waals surface area contributed by atoms with Crippen LogP contribution < -0.4 is 10.6 Å². The van der Waals surface area contributed by atoms with Crippen molar-refractivity contribution in [3.05, 3.63) is 0 Å². The van der Waals surface area contributed by atoms with Gasteiger partial charge in [-0.2, -0.15) is 0 Å². The molecule has 1 aliphatic rings. The minimum absolute atomic E-state index is 0.183. The predicted molar refractivity (Wildman–Crippen MR) is 81.7 cm³/mol. The molecule has 1 aliphatic heterocycles. The number of urea groups is 1. The molecule has 20 heavy (non-hydrogen) atoms. The van der Waals surface area contributed by atoms with Crippen molar-refractivity contribution in [3.63, 3.8) is 0 Å². The van der Waals surface area contributed by atoms with Crippen molar-refractivity contribution in [3.8, 4) is 0 Å². The Balaban J connectivity index is 2.13. The number of piperidine rings is 1. The highest BCUT2D eigenvalue weighted by molar-refractivity contribution is 5.73. The first-order valence-corrected chi connectivity index (χ1v) is 7.96. The van der Waals surface area contributed by atoms with E-state index in [1.165, 1.54) is 12.8 Å². The normalized spacial score (nSPS) is 20.4. The summed E-state index contributed by atoms with van der Waals surface area (Å²) in [6.45, 7) is 9.71. The van der Waals surface area contributed by atoms with Crippen molar-refractivity contribution in [1.29, 1.82) is 0 Å². The SMILES string of the molecule is CCCC(O)CNC(=O)NCC(C)N1CCC(C)CC1. The van der Waals surface area contributed by atoms with E-state index in [0.29, 0.717) is 19.1 Å². The molecule has 0 spiro atoms. The van der Waals surface area contributed by atoms with Crippen LogP contribution in [0, 0.1) is 5.92 Å². The van der Waals surface area contributed by atoms with E-state index < -0.39 is 6.10 Å². The van der Waals surface area contributed by atoms with Crippen LogP contribution in [-0.4, -0.2) is 54.4 Å². The van der Waals surface area contributed by atoms with Crippen LogP contribution in [0.4, 0.5) is 4.79 Å². The molecule has 3 N–H and O–H groups in total. The van der Waals surface area contributed by atoms with E-state index in [2.05, 4.69) is 29.4 Å². The first-order chi connectivity index (χ1) is 9.52. The Bertz CT molecular complexity index is 278. The lowest BCUT2D eigenvalue weighted by Crippen LogP contribution is -2.48. The molecule has 0 bridgehead atoms. The van der Waals surface area contributed by atoms with Crippen molar-refractivity contribution in [2.45, 2.75) is 58.6 Å². The third-order valence-corrected chi connectivity index (χ3v) is 4.12. The molecule has 118 valence electrons. The molecule has 0 aromatic carbocycles. The Morgan fingerprint density at radius 3 is 2.50 bits per heavy atom. The molecule has 1 saturated heterocycles. The quantitative estimate of drug-likeness (QED) is 0.665. The van der Waals surface area contributed by atoms with Gasteiger partial charge < -0.3 is 15.7 Å².